The van der Waals surface area contributed by atoms with Gasteiger partial charge in [0.05, 0.1) is 12.0 Å². The summed E-state index contributed by atoms with van der Waals surface area (Å²) in [6.07, 6.45) is 1.18. The Morgan fingerprint density at radius 3 is 2.21 bits per heavy atom. The molecule has 33 heavy (non-hydrogen) atoms. The van der Waals surface area contributed by atoms with Gasteiger partial charge in [0.1, 0.15) is 18.1 Å². The second kappa shape index (κ2) is 8.98. The van der Waals surface area contributed by atoms with Gasteiger partial charge in [-0.1, -0.05) is 42.5 Å². The van der Waals surface area contributed by atoms with Crippen molar-refractivity contribution in [2.75, 3.05) is 18.5 Å². The molecule has 6 nitrogen and oxygen atoms in total. The number of likely N-dealkylation sites (N-methyl/N-ethyl adjacent to an activating group) is 1. The summed E-state index contributed by atoms with van der Waals surface area (Å²) >= 11 is 0. The fourth-order valence-electron chi connectivity index (χ4n) is 4.56. The maximum absolute atomic E-state index is 12.4. The van der Waals surface area contributed by atoms with Crippen LogP contribution < -0.4 is 10.1 Å². The highest BCUT2D eigenvalue weighted by molar-refractivity contribution is 6.03. The molecular formula is C27H26N2O4. The number of fused-ring (bicyclic) bond motifs is 1. The van der Waals surface area contributed by atoms with Gasteiger partial charge in [-0.05, 0) is 66.8 Å². The largest absolute Gasteiger partial charge is 0.457 e. The predicted octanol–water partition coefficient (Wildman–Crippen LogP) is 5.14. The molecule has 2 aliphatic heterocycles. The molecule has 2 unspecified atom stereocenters. The van der Waals surface area contributed by atoms with E-state index in [1.807, 2.05) is 79.7 Å². The van der Waals surface area contributed by atoms with Crippen molar-refractivity contribution in [3.05, 3.63) is 89.5 Å². The van der Waals surface area contributed by atoms with Crippen molar-refractivity contribution in [3.8, 4) is 11.5 Å². The Hall–Kier alpha value is -3.80. The number of benzene rings is 3. The molecule has 2 atom stereocenters. The summed E-state index contributed by atoms with van der Waals surface area (Å²) in [5, 5.41) is 2.96. The molecule has 3 aromatic carbocycles. The molecule has 1 N–H and O–H groups in total. The molecule has 0 saturated carbocycles. The Kier molecular flexibility index (Phi) is 5.73. The Bertz CT molecular complexity index is 1160. The summed E-state index contributed by atoms with van der Waals surface area (Å²) < 4.78 is 11.2. The number of rotatable bonds is 7. The summed E-state index contributed by atoms with van der Waals surface area (Å²) in [5.41, 5.74) is 4.18. The lowest BCUT2D eigenvalue weighted by Crippen LogP contribution is -2.34. The quantitative estimate of drug-likeness (QED) is 0.550. The summed E-state index contributed by atoms with van der Waals surface area (Å²) in [5.74, 6) is 1.38. The van der Waals surface area contributed by atoms with Crippen LogP contribution in [0.3, 0.4) is 0 Å². The van der Waals surface area contributed by atoms with Crippen molar-refractivity contribution in [2.45, 2.75) is 31.7 Å². The number of hydrogen-bond donors (Lipinski definition) is 1. The second-order valence-electron chi connectivity index (χ2n) is 8.44. The van der Waals surface area contributed by atoms with Crippen molar-refractivity contribution in [1.29, 1.82) is 0 Å². The smallest absolute Gasteiger partial charge is 0.410 e. The van der Waals surface area contributed by atoms with Gasteiger partial charge in [-0.15, -0.1) is 0 Å². The maximum atomic E-state index is 12.4. The molecule has 6 heteroatoms. The van der Waals surface area contributed by atoms with Crippen LogP contribution in [0.2, 0.25) is 0 Å². The van der Waals surface area contributed by atoms with Gasteiger partial charge in [0.15, 0.2) is 0 Å². The first kappa shape index (κ1) is 21.1. The number of hydrogen-bond acceptors (Lipinski definition) is 4. The van der Waals surface area contributed by atoms with Crippen LogP contribution in [-0.2, 0) is 22.4 Å². The average molecular weight is 443 g/mol. The van der Waals surface area contributed by atoms with Gasteiger partial charge in [-0.2, -0.15) is 0 Å². The molecule has 2 heterocycles. The molecule has 2 amide bonds. The van der Waals surface area contributed by atoms with E-state index in [9.17, 15) is 9.59 Å². The van der Waals surface area contributed by atoms with Crippen LogP contribution in [0.4, 0.5) is 10.5 Å². The van der Waals surface area contributed by atoms with Crippen molar-refractivity contribution in [1.82, 2.24) is 4.90 Å². The highest BCUT2D eigenvalue weighted by Gasteiger charge is 2.31. The van der Waals surface area contributed by atoms with Crippen LogP contribution in [0.25, 0.3) is 0 Å². The van der Waals surface area contributed by atoms with Gasteiger partial charge < -0.3 is 19.7 Å². The van der Waals surface area contributed by atoms with E-state index in [4.69, 9.17) is 9.47 Å². The number of para-hydroxylation sites is 1. The van der Waals surface area contributed by atoms with Gasteiger partial charge >= 0.3 is 6.09 Å². The summed E-state index contributed by atoms with van der Waals surface area (Å²) in [7, 11) is 0. The lowest BCUT2D eigenvalue weighted by molar-refractivity contribution is -0.117. The fourth-order valence-corrected chi connectivity index (χ4v) is 4.56. The number of cyclic esters (lactones) is 1. The molecule has 0 bridgehead atoms. The van der Waals surface area contributed by atoms with E-state index in [0.717, 1.165) is 40.3 Å². The first-order valence-electron chi connectivity index (χ1n) is 11.3. The molecule has 1 saturated heterocycles. The molecule has 1 fully saturated rings. The minimum atomic E-state index is -0.233. The Labute approximate surface area is 193 Å². The Morgan fingerprint density at radius 2 is 1.55 bits per heavy atom. The van der Waals surface area contributed by atoms with E-state index in [1.165, 1.54) is 0 Å². The zero-order valence-corrected chi connectivity index (χ0v) is 18.5. The number of carbonyl (C=O) groups excluding carboxylic acids is 2. The molecule has 0 aliphatic carbocycles. The van der Waals surface area contributed by atoms with E-state index in [0.29, 0.717) is 19.6 Å². The Morgan fingerprint density at radius 1 is 0.909 bits per heavy atom. The third-order valence-corrected chi connectivity index (χ3v) is 6.32. The van der Waals surface area contributed by atoms with Crippen LogP contribution in [0, 0.1) is 0 Å². The van der Waals surface area contributed by atoms with Crippen LogP contribution in [0.1, 0.15) is 29.5 Å². The minimum absolute atomic E-state index is 0.0483. The molecule has 0 aromatic heterocycles. The van der Waals surface area contributed by atoms with Crippen molar-refractivity contribution < 1.29 is 19.1 Å². The van der Waals surface area contributed by atoms with E-state index < -0.39 is 0 Å². The molecule has 3 aromatic rings. The molecule has 2 aliphatic rings. The van der Waals surface area contributed by atoms with Crippen molar-refractivity contribution in [3.63, 3.8) is 0 Å². The van der Waals surface area contributed by atoms with E-state index in [-0.39, 0.29) is 24.0 Å². The zero-order valence-electron chi connectivity index (χ0n) is 18.5. The number of carbonyl (C=O) groups is 2. The SMILES string of the molecule is CCN1C(=O)OCC1Cc1ccc(Oc2ccc(CC3C(=O)Nc4ccccc43)cc2)cc1. The third kappa shape index (κ3) is 4.42. The standard InChI is InChI=1S/C27H26N2O4/c1-2-29-20(17-32-27(29)31)15-18-7-11-21(12-8-18)33-22-13-9-19(10-14-22)16-24-23-5-3-4-6-25(23)28-26(24)30/h3-14,20,24H,2,15-17H2,1H3,(H,28,30). The molecular weight excluding hydrogens is 416 g/mol. The third-order valence-electron chi connectivity index (χ3n) is 6.32. The Balaban J connectivity index is 1.19. The maximum Gasteiger partial charge on any atom is 0.410 e. The second-order valence-corrected chi connectivity index (χ2v) is 8.44. The van der Waals surface area contributed by atoms with Crippen molar-refractivity contribution >= 4 is 17.7 Å². The molecule has 168 valence electrons. The van der Waals surface area contributed by atoms with Gasteiger partial charge in [0.2, 0.25) is 5.91 Å². The number of amides is 2. The number of nitrogens with zero attached hydrogens (tertiary/aromatic N) is 1. The molecule has 5 rings (SSSR count). The zero-order chi connectivity index (χ0) is 22.8. The lowest BCUT2D eigenvalue weighted by Gasteiger charge is -2.19. The summed E-state index contributed by atoms with van der Waals surface area (Å²) in [6, 6.07) is 23.7. The van der Waals surface area contributed by atoms with Crippen molar-refractivity contribution in [2.24, 2.45) is 0 Å². The first-order chi connectivity index (χ1) is 16.1. The topological polar surface area (TPSA) is 67.9 Å². The number of anilines is 1. The highest BCUT2D eigenvalue weighted by Crippen LogP contribution is 2.35. The molecule has 0 radical (unpaired) electrons. The van der Waals surface area contributed by atoms with E-state index in [1.54, 1.807) is 4.90 Å². The number of ether oxygens (including phenoxy) is 2. The fraction of sp³-hybridized carbons (Fsp3) is 0.259. The minimum Gasteiger partial charge on any atom is -0.457 e. The van der Waals surface area contributed by atoms with E-state index >= 15 is 0 Å². The number of nitrogens with one attached hydrogen (secondary N) is 1. The monoisotopic (exact) mass is 442 g/mol. The van der Waals surface area contributed by atoms with Crippen LogP contribution >= 0.6 is 0 Å². The van der Waals surface area contributed by atoms with Crippen LogP contribution in [0.15, 0.2) is 72.8 Å². The van der Waals surface area contributed by atoms with Gasteiger partial charge in [0, 0.05) is 12.2 Å². The van der Waals surface area contributed by atoms with Gasteiger partial charge in [-0.3, -0.25) is 4.79 Å². The first-order valence-corrected chi connectivity index (χ1v) is 11.3. The van der Waals surface area contributed by atoms with Crippen LogP contribution in [-0.4, -0.2) is 36.1 Å². The summed E-state index contributed by atoms with van der Waals surface area (Å²) in [6.45, 7) is 3.05. The van der Waals surface area contributed by atoms with Crippen LogP contribution in [0.5, 0.6) is 11.5 Å². The van der Waals surface area contributed by atoms with Gasteiger partial charge in [0.25, 0.3) is 0 Å². The normalized spacial score (nSPS) is 19.2. The molecule has 0 spiro atoms. The summed E-state index contributed by atoms with van der Waals surface area (Å²) in [4.78, 5) is 25.9. The van der Waals surface area contributed by atoms with Gasteiger partial charge in [-0.25, -0.2) is 4.79 Å². The highest BCUT2D eigenvalue weighted by atomic mass is 16.6. The van der Waals surface area contributed by atoms with E-state index in [2.05, 4.69) is 5.32 Å². The lowest BCUT2D eigenvalue weighted by atomic mass is 9.93. The predicted molar refractivity (Wildman–Crippen MR) is 126 cm³/mol. The average Bonchev–Trinajstić information content (AvgIpc) is 3.34.